The quantitative estimate of drug-likeness (QED) is 0.603. The Morgan fingerprint density at radius 2 is 2.19 bits per heavy atom. The van der Waals surface area contributed by atoms with Crippen LogP contribution in [0.15, 0.2) is 36.4 Å². The van der Waals surface area contributed by atoms with Gasteiger partial charge in [-0.3, -0.25) is 4.79 Å². The number of benzene rings is 1. The van der Waals surface area contributed by atoms with Crippen LogP contribution in [0.2, 0.25) is 0 Å². The topological polar surface area (TPSA) is 29.1 Å². The van der Waals surface area contributed by atoms with Crippen LogP contribution in [0, 0.1) is 12.3 Å². The van der Waals surface area contributed by atoms with E-state index in [-0.39, 0.29) is 11.9 Å². The van der Waals surface area contributed by atoms with Crippen molar-refractivity contribution in [2.24, 2.45) is 0 Å². The van der Waals surface area contributed by atoms with Crippen LogP contribution < -0.4 is 5.32 Å². The summed E-state index contributed by atoms with van der Waals surface area (Å²) in [5.74, 6) is 2.36. The third-order valence-electron chi connectivity index (χ3n) is 2.15. The molecule has 0 aliphatic carbocycles. The Morgan fingerprint density at radius 3 is 2.75 bits per heavy atom. The Hall–Kier alpha value is -2.01. The van der Waals surface area contributed by atoms with Gasteiger partial charge in [-0.05, 0) is 18.1 Å². The average Bonchev–Trinajstić information content (AvgIpc) is 2.34. The van der Waals surface area contributed by atoms with Gasteiger partial charge in [-0.25, -0.2) is 0 Å². The molecule has 1 rings (SSSR count). The molecule has 1 amide bonds. The molecular weight excluding hydrogens is 198 g/mol. The molecule has 0 spiro atoms. The highest BCUT2D eigenvalue weighted by Crippen LogP contribution is 2.00. The molecular formula is C14H15NO. The number of amides is 1. The van der Waals surface area contributed by atoms with Crippen LogP contribution in [0.25, 0.3) is 6.08 Å². The summed E-state index contributed by atoms with van der Waals surface area (Å²) in [4.78, 5) is 11.5. The van der Waals surface area contributed by atoms with E-state index < -0.39 is 0 Å². The molecule has 16 heavy (non-hydrogen) atoms. The van der Waals surface area contributed by atoms with Crippen LogP contribution in [-0.4, -0.2) is 11.9 Å². The molecule has 0 saturated heterocycles. The number of rotatable bonds is 4. The lowest BCUT2D eigenvalue weighted by atomic mass is 10.2. The van der Waals surface area contributed by atoms with E-state index in [2.05, 4.69) is 11.2 Å². The monoisotopic (exact) mass is 213 g/mol. The molecule has 0 aliphatic heterocycles. The van der Waals surface area contributed by atoms with Gasteiger partial charge in [-0.1, -0.05) is 43.2 Å². The summed E-state index contributed by atoms with van der Waals surface area (Å²) < 4.78 is 0. The summed E-state index contributed by atoms with van der Waals surface area (Å²) in [7, 11) is 0. The van der Waals surface area contributed by atoms with E-state index in [1.165, 1.54) is 6.08 Å². The summed E-state index contributed by atoms with van der Waals surface area (Å²) in [6.07, 6.45) is 9.25. The zero-order valence-electron chi connectivity index (χ0n) is 9.31. The Kier molecular flexibility index (Phi) is 4.88. The lowest BCUT2D eigenvalue weighted by Crippen LogP contribution is -2.31. The Morgan fingerprint density at radius 1 is 1.50 bits per heavy atom. The first-order chi connectivity index (χ1) is 7.76. The molecule has 0 heterocycles. The number of nitrogens with one attached hydrogen (secondary N) is 1. The van der Waals surface area contributed by atoms with Crippen LogP contribution in [0.5, 0.6) is 0 Å². The Labute approximate surface area is 96.4 Å². The zero-order chi connectivity index (χ0) is 11.8. The van der Waals surface area contributed by atoms with E-state index in [9.17, 15) is 4.79 Å². The minimum atomic E-state index is -0.187. The van der Waals surface area contributed by atoms with Crippen molar-refractivity contribution in [2.75, 3.05) is 0 Å². The fourth-order valence-corrected chi connectivity index (χ4v) is 1.22. The fourth-order valence-electron chi connectivity index (χ4n) is 1.22. The van der Waals surface area contributed by atoms with E-state index >= 15 is 0 Å². The third kappa shape index (κ3) is 4.02. The van der Waals surface area contributed by atoms with Crippen LogP contribution in [0.4, 0.5) is 0 Å². The van der Waals surface area contributed by atoms with E-state index in [1.807, 2.05) is 37.3 Å². The van der Waals surface area contributed by atoms with Crippen molar-refractivity contribution in [3.63, 3.8) is 0 Å². The Balaban J connectivity index is 2.52. The maximum Gasteiger partial charge on any atom is 0.244 e. The third-order valence-corrected chi connectivity index (χ3v) is 2.15. The van der Waals surface area contributed by atoms with E-state index in [0.717, 1.165) is 12.0 Å². The molecule has 1 atom stereocenters. The standard InChI is InChI=1S/C14H15NO/c1-3-13(4-2)15-14(16)11-10-12-8-6-5-7-9-12/h1,5-11,13H,4H2,2H3,(H,15,16)/b11-10+. The number of carbonyl (C=O) groups excluding carboxylic acids is 1. The second-order valence-corrected chi connectivity index (χ2v) is 3.38. The fraction of sp³-hybridized carbons (Fsp3) is 0.214. The van der Waals surface area contributed by atoms with Crippen molar-refractivity contribution in [2.45, 2.75) is 19.4 Å². The molecule has 0 bridgehead atoms. The highest BCUT2D eigenvalue weighted by atomic mass is 16.1. The second-order valence-electron chi connectivity index (χ2n) is 3.38. The number of carbonyl (C=O) groups is 1. The molecule has 2 nitrogen and oxygen atoms in total. The van der Waals surface area contributed by atoms with Crippen LogP contribution in [0.1, 0.15) is 18.9 Å². The van der Waals surface area contributed by atoms with Gasteiger partial charge in [0.2, 0.25) is 5.91 Å². The largest absolute Gasteiger partial charge is 0.339 e. The van der Waals surface area contributed by atoms with Crippen molar-refractivity contribution in [3.05, 3.63) is 42.0 Å². The van der Waals surface area contributed by atoms with Gasteiger partial charge >= 0.3 is 0 Å². The molecule has 2 heteroatoms. The number of hydrogen-bond donors (Lipinski definition) is 1. The maximum atomic E-state index is 11.5. The minimum absolute atomic E-state index is 0.159. The zero-order valence-corrected chi connectivity index (χ0v) is 9.31. The van der Waals surface area contributed by atoms with E-state index in [4.69, 9.17) is 6.42 Å². The predicted molar refractivity (Wildman–Crippen MR) is 66.5 cm³/mol. The molecule has 1 N–H and O–H groups in total. The van der Waals surface area contributed by atoms with Crippen molar-refractivity contribution in [1.29, 1.82) is 0 Å². The molecule has 0 radical (unpaired) electrons. The first kappa shape index (κ1) is 12.1. The first-order valence-corrected chi connectivity index (χ1v) is 5.26. The summed E-state index contributed by atoms with van der Waals surface area (Å²) in [6.45, 7) is 1.94. The summed E-state index contributed by atoms with van der Waals surface area (Å²) in [5, 5.41) is 2.72. The van der Waals surface area contributed by atoms with Crippen molar-refractivity contribution in [1.82, 2.24) is 5.32 Å². The van der Waals surface area contributed by atoms with Gasteiger partial charge in [0.15, 0.2) is 0 Å². The van der Waals surface area contributed by atoms with Crippen LogP contribution >= 0.6 is 0 Å². The van der Waals surface area contributed by atoms with Gasteiger partial charge in [0.25, 0.3) is 0 Å². The number of hydrogen-bond acceptors (Lipinski definition) is 1. The number of terminal acetylenes is 1. The predicted octanol–water partition coefficient (Wildman–Crippen LogP) is 2.23. The van der Waals surface area contributed by atoms with Gasteiger partial charge in [0.05, 0.1) is 6.04 Å². The van der Waals surface area contributed by atoms with E-state index in [1.54, 1.807) is 6.08 Å². The molecule has 1 unspecified atom stereocenters. The van der Waals surface area contributed by atoms with Crippen molar-refractivity contribution < 1.29 is 4.79 Å². The second kappa shape index (κ2) is 6.47. The lowest BCUT2D eigenvalue weighted by Gasteiger charge is -2.07. The van der Waals surface area contributed by atoms with Gasteiger partial charge in [0, 0.05) is 6.08 Å². The molecule has 0 aromatic heterocycles. The normalized spacial score (nSPS) is 12.0. The molecule has 0 fully saturated rings. The summed E-state index contributed by atoms with van der Waals surface area (Å²) >= 11 is 0. The van der Waals surface area contributed by atoms with Gasteiger partial charge in [0.1, 0.15) is 0 Å². The Bertz CT molecular complexity index is 400. The molecule has 1 aromatic rings. The summed E-state index contributed by atoms with van der Waals surface area (Å²) in [5.41, 5.74) is 0.992. The smallest absolute Gasteiger partial charge is 0.244 e. The molecule has 0 saturated carbocycles. The first-order valence-electron chi connectivity index (χ1n) is 5.26. The molecule has 1 aromatic carbocycles. The molecule has 0 aliphatic rings. The highest BCUT2D eigenvalue weighted by molar-refractivity contribution is 5.92. The SMILES string of the molecule is C#CC(CC)NC(=O)/C=C/c1ccccc1. The van der Waals surface area contributed by atoms with Crippen molar-refractivity contribution >= 4 is 12.0 Å². The lowest BCUT2D eigenvalue weighted by molar-refractivity contribution is -0.116. The summed E-state index contributed by atoms with van der Waals surface area (Å²) in [6, 6.07) is 9.46. The van der Waals surface area contributed by atoms with Gasteiger partial charge < -0.3 is 5.32 Å². The average molecular weight is 213 g/mol. The van der Waals surface area contributed by atoms with Gasteiger partial charge in [-0.15, -0.1) is 6.42 Å². The van der Waals surface area contributed by atoms with Crippen LogP contribution in [-0.2, 0) is 4.79 Å². The maximum absolute atomic E-state index is 11.5. The van der Waals surface area contributed by atoms with Crippen molar-refractivity contribution in [3.8, 4) is 12.3 Å². The molecule has 82 valence electrons. The van der Waals surface area contributed by atoms with Gasteiger partial charge in [-0.2, -0.15) is 0 Å². The van der Waals surface area contributed by atoms with E-state index in [0.29, 0.717) is 0 Å². The highest BCUT2D eigenvalue weighted by Gasteiger charge is 2.03. The van der Waals surface area contributed by atoms with Crippen LogP contribution in [0.3, 0.4) is 0 Å². The minimum Gasteiger partial charge on any atom is -0.339 e.